The highest BCUT2D eigenvalue weighted by molar-refractivity contribution is 5.76. The largest absolute Gasteiger partial charge is 0.341 e. The van der Waals surface area contributed by atoms with Crippen molar-refractivity contribution in [2.45, 2.75) is 39.2 Å². The van der Waals surface area contributed by atoms with Crippen LogP contribution in [0.3, 0.4) is 0 Å². The van der Waals surface area contributed by atoms with E-state index in [0.29, 0.717) is 18.4 Å². The molecule has 13 heavy (non-hydrogen) atoms. The summed E-state index contributed by atoms with van der Waals surface area (Å²) in [5.74, 6) is 0.318. The molecule has 0 saturated carbocycles. The average Bonchev–Trinajstić information content (AvgIpc) is 2.30. The summed E-state index contributed by atoms with van der Waals surface area (Å²) < 4.78 is 0. The smallest absolute Gasteiger partial charge is 0.222 e. The minimum Gasteiger partial charge on any atom is -0.341 e. The Bertz CT molecular complexity index is 170. The summed E-state index contributed by atoms with van der Waals surface area (Å²) in [5, 5.41) is 3.38. The summed E-state index contributed by atoms with van der Waals surface area (Å²) in [4.78, 5) is 13.6. The van der Waals surface area contributed by atoms with Crippen molar-refractivity contribution in [1.29, 1.82) is 0 Å². The van der Waals surface area contributed by atoms with Crippen LogP contribution < -0.4 is 5.32 Å². The molecular formula is C10H20N2O. The van der Waals surface area contributed by atoms with Crippen molar-refractivity contribution >= 4 is 5.91 Å². The van der Waals surface area contributed by atoms with Gasteiger partial charge in [-0.1, -0.05) is 6.92 Å². The van der Waals surface area contributed by atoms with Crippen LogP contribution in [-0.4, -0.2) is 36.5 Å². The molecule has 1 saturated heterocycles. The van der Waals surface area contributed by atoms with Crippen molar-refractivity contribution in [3.05, 3.63) is 0 Å². The molecule has 1 atom stereocenters. The molecule has 1 fully saturated rings. The standard InChI is InChI=1S/C10H20N2O/c1-3-5-10(13)12-7-4-6-11-9(2)8-12/h9,11H,3-8H2,1-2H3. The maximum Gasteiger partial charge on any atom is 0.222 e. The molecule has 1 aliphatic rings. The zero-order valence-corrected chi connectivity index (χ0v) is 8.68. The lowest BCUT2D eigenvalue weighted by Crippen LogP contribution is -2.38. The van der Waals surface area contributed by atoms with Crippen molar-refractivity contribution in [1.82, 2.24) is 10.2 Å². The van der Waals surface area contributed by atoms with Crippen molar-refractivity contribution in [3.63, 3.8) is 0 Å². The molecule has 1 amide bonds. The lowest BCUT2D eigenvalue weighted by molar-refractivity contribution is -0.131. The monoisotopic (exact) mass is 184 g/mol. The predicted molar refractivity (Wildman–Crippen MR) is 53.6 cm³/mol. The van der Waals surface area contributed by atoms with Crippen LogP contribution in [0.25, 0.3) is 0 Å². The highest BCUT2D eigenvalue weighted by Gasteiger charge is 2.17. The summed E-state index contributed by atoms with van der Waals surface area (Å²) in [6.07, 6.45) is 2.74. The van der Waals surface area contributed by atoms with E-state index < -0.39 is 0 Å². The van der Waals surface area contributed by atoms with Crippen molar-refractivity contribution < 1.29 is 4.79 Å². The Morgan fingerprint density at radius 2 is 2.38 bits per heavy atom. The Labute approximate surface area is 80.5 Å². The Morgan fingerprint density at radius 3 is 3.08 bits per heavy atom. The molecule has 1 N–H and O–H groups in total. The Morgan fingerprint density at radius 1 is 1.62 bits per heavy atom. The normalized spacial score (nSPS) is 24.2. The van der Waals surface area contributed by atoms with Gasteiger partial charge in [0.25, 0.3) is 0 Å². The van der Waals surface area contributed by atoms with E-state index in [1.165, 1.54) is 0 Å². The number of amides is 1. The van der Waals surface area contributed by atoms with Crippen LogP contribution in [0, 0.1) is 0 Å². The second-order valence-corrected chi connectivity index (χ2v) is 3.80. The Kier molecular flexibility index (Phi) is 4.22. The fourth-order valence-electron chi connectivity index (χ4n) is 1.70. The topological polar surface area (TPSA) is 32.3 Å². The molecule has 0 aromatic rings. The molecule has 0 aliphatic carbocycles. The van der Waals surface area contributed by atoms with Gasteiger partial charge in [0.1, 0.15) is 0 Å². The summed E-state index contributed by atoms with van der Waals surface area (Å²) in [7, 11) is 0. The molecule has 3 nitrogen and oxygen atoms in total. The predicted octanol–water partition coefficient (Wildman–Crippen LogP) is 0.997. The highest BCUT2D eigenvalue weighted by atomic mass is 16.2. The van der Waals surface area contributed by atoms with Gasteiger partial charge in [-0.25, -0.2) is 0 Å². The van der Waals surface area contributed by atoms with Gasteiger partial charge < -0.3 is 10.2 Å². The molecule has 1 aliphatic heterocycles. The Hall–Kier alpha value is -0.570. The second-order valence-electron chi connectivity index (χ2n) is 3.80. The molecule has 0 aromatic carbocycles. The number of carbonyl (C=O) groups is 1. The molecule has 0 bridgehead atoms. The van der Waals surface area contributed by atoms with E-state index in [-0.39, 0.29) is 0 Å². The molecule has 0 spiro atoms. The molecular weight excluding hydrogens is 164 g/mol. The fraction of sp³-hybridized carbons (Fsp3) is 0.900. The number of hydrogen-bond acceptors (Lipinski definition) is 2. The van der Waals surface area contributed by atoms with Gasteiger partial charge in [0.05, 0.1) is 0 Å². The van der Waals surface area contributed by atoms with E-state index in [1.807, 2.05) is 4.90 Å². The van der Waals surface area contributed by atoms with Gasteiger partial charge in [0.2, 0.25) is 5.91 Å². The first-order valence-electron chi connectivity index (χ1n) is 5.25. The summed E-state index contributed by atoms with van der Waals surface area (Å²) >= 11 is 0. The molecule has 0 aromatic heterocycles. The van der Waals surface area contributed by atoms with Crippen LogP contribution >= 0.6 is 0 Å². The maximum absolute atomic E-state index is 11.6. The quantitative estimate of drug-likeness (QED) is 0.694. The van der Waals surface area contributed by atoms with Gasteiger partial charge in [-0.05, 0) is 26.3 Å². The van der Waals surface area contributed by atoms with E-state index in [2.05, 4.69) is 19.2 Å². The lowest BCUT2D eigenvalue weighted by atomic mass is 10.2. The number of carbonyl (C=O) groups excluding carboxylic acids is 1. The first-order chi connectivity index (χ1) is 6.24. The number of nitrogens with zero attached hydrogens (tertiary/aromatic N) is 1. The third-order valence-corrected chi connectivity index (χ3v) is 2.41. The fourth-order valence-corrected chi connectivity index (χ4v) is 1.70. The zero-order valence-electron chi connectivity index (χ0n) is 8.68. The molecule has 1 heterocycles. The van der Waals surface area contributed by atoms with Crippen molar-refractivity contribution in [2.24, 2.45) is 0 Å². The second kappa shape index (κ2) is 5.22. The average molecular weight is 184 g/mol. The van der Waals surface area contributed by atoms with Crippen LogP contribution in [0.5, 0.6) is 0 Å². The first kappa shape index (κ1) is 10.5. The van der Waals surface area contributed by atoms with Crippen LogP contribution in [-0.2, 0) is 4.79 Å². The van der Waals surface area contributed by atoms with Gasteiger partial charge in [0, 0.05) is 25.6 Å². The van der Waals surface area contributed by atoms with E-state index in [0.717, 1.165) is 32.5 Å². The van der Waals surface area contributed by atoms with Crippen molar-refractivity contribution in [3.8, 4) is 0 Å². The third kappa shape index (κ3) is 3.35. The number of hydrogen-bond donors (Lipinski definition) is 1. The van der Waals surface area contributed by atoms with Crippen LogP contribution in [0.2, 0.25) is 0 Å². The summed E-state index contributed by atoms with van der Waals surface area (Å²) in [6, 6.07) is 0.448. The lowest BCUT2D eigenvalue weighted by Gasteiger charge is -2.22. The molecule has 1 unspecified atom stereocenters. The highest BCUT2D eigenvalue weighted by Crippen LogP contribution is 2.03. The molecule has 76 valence electrons. The van der Waals surface area contributed by atoms with E-state index in [1.54, 1.807) is 0 Å². The summed E-state index contributed by atoms with van der Waals surface area (Å²) in [5.41, 5.74) is 0. The zero-order chi connectivity index (χ0) is 9.68. The van der Waals surface area contributed by atoms with Gasteiger partial charge in [0.15, 0.2) is 0 Å². The molecule has 3 heteroatoms. The van der Waals surface area contributed by atoms with E-state index >= 15 is 0 Å². The maximum atomic E-state index is 11.6. The van der Waals surface area contributed by atoms with Crippen LogP contribution in [0.1, 0.15) is 33.1 Å². The molecule has 0 radical (unpaired) electrons. The van der Waals surface area contributed by atoms with Crippen LogP contribution in [0.4, 0.5) is 0 Å². The summed E-state index contributed by atoms with van der Waals surface area (Å²) in [6.45, 7) is 7.03. The van der Waals surface area contributed by atoms with E-state index in [9.17, 15) is 4.79 Å². The van der Waals surface area contributed by atoms with E-state index in [4.69, 9.17) is 0 Å². The number of rotatable bonds is 2. The first-order valence-corrected chi connectivity index (χ1v) is 5.25. The van der Waals surface area contributed by atoms with Crippen LogP contribution in [0.15, 0.2) is 0 Å². The van der Waals surface area contributed by atoms with Gasteiger partial charge in [-0.15, -0.1) is 0 Å². The number of nitrogens with one attached hydrogen (secondary N) is 1. The SMILES string of the molecule is CCCC(=O)N1CCCNC(C)C1. The van der Waals surface area contributed by atoms with Gasteiger partial charge in [-0.3, -0.25) is 4.79 Å². The third-order valence-electron chi connectivity index (χ3n) is 2.41. The Balaban J connectivity index is 2.42. The van der Waals surface area contributed by atoms with Gasteiger partial charge >= 0.3 is 0 Å². The minimum absolute atomic E-state index is 0.318. The van der Waals surface area contributed by atoms with Gasteiger partial charge in [-0.2, -0.15) is 0 Å². The van der Waals surface area contributed by atoms with Crippen molar-refractivity contribution in [2.75, 3.05) is 19.6 Å². The molecule has 1 rings (SSSR count). The minimum atomic E-state index is 0.318.